The number of nitrogens with zero attached hydrogens (tertiary/aromatic N) is 1. The molecule has 2 aromatic heterocycles. The topological polar surface area (TPSA) is 88.0 Å². The van der Waals surface area contributed by atoms with Crippen LogP contribution in [0.5, 0.6) is 0 Å². The van der Waals surface area contributed by atoms with Gasteiger partial charge < -0.3 is 10.3 Å². The van der Waals surface area contributed by atoms with E-state index in [2.05, 4.69) is 10.3 Å². The highest BCUT2D eigenvalue weighted by atomic mass is 35.5. The molecule has 2 N–H and O–H groups in total. The summed E-state index contributed by atoms with van der Waals surface area (Å²) in [6.07, 6.45) is 1.67. The number of anilines is 1. The minimum absolute atomic E-state index is 0.0101. The van der Waals surface area contributed by atoms with E-state index >= 15 is 0 Å². The number of nitrogens with one attached hydrogen (secondary N) is 2. The molecule has 3 aromatic rings. The van der Waals surface area contributed by atoms with E-state index in [-0.39, 0.29) is 14.9 Å². The average Bonchev–Trinajstić information content (AvgIpc) is 3.03. The molecule has 0 bridgehead atoms. The molecule has 0 saturated carbocycles. The molecule has 0 unspecified atom stereocenters. The largest absolute Gasteiger partial charge is 0.359 e. The van der Waals surface area contributed by atoms with Gasteiger partial charge in [0.1, 0.15) is 4.88 Å². The van der Waals surface area contributed by atoms with Crippen molar-refractivity contribution in [3.63, 3.8) is 0 Å². The molecule has 0 saturated heterocycles. The van der Waals surface area contributed by atoms with Crippen molar-refractivity contribution in [2.45, 2.75) is 0 Å². The van der Waals surface area contributed by atoms with Gasteiger partial charge in [0.05, 0.1) is 10.6 Å². The maximum atomic E-state index is 12.1. The molecule has 0 fully saturated rings. The van der Waals surface area contributed by atoms with Crippen LogP contribution in [0.3, 0.4) is 0 Å². The van der Waals surface area contributed by atoms with E-state index < -0.39 is 10.8 Å². The van der Waals surface area contributed by atoms with Gasteiger partial charge in [-0.1, -0.05) is 29.8 Å². The molecule has 0 spiro atoms. The van der Waals surface area contributed by atoms with Gasteiger partial charge in [0.15, 0.2) is 4.34 Å². The highest BCUT2D eigenvalue weighted by molar-refractivity contribution is 7.18. The van der Waals surface area contributed by atoms with Gasteiger partial charge in [0, 0.05) is 23.2 Å². The van der Waals surface area contributed by atoms with Crippen LogP contribution in [0.2, 0.25) is 4.34 Å². The van der Waals surface area contributed by atoms with E-state index in [0.29, 0.717) is 5.69 Å². The van der Waals surface area contributed by atoms with Crippen molar-refractivity contribution in [1.29, 1.82) is 0 Å². The van der Waals surface area contributed by atoms with Crippen molar-refractivity contribution in [2.24, 2.45) is 0 Å². The van der Waals surface area contributed by atoms with Crippen LogP contribution in [0.25, 0.3) is 10.9 Å². The number of hydrogen-bond acceptors (Lipinski definition) is 4. The number of aromatic nitrogens is 1. The predicted octanol–water partition coefficient (Wildman–Crippen LogP) is 4.04. The first-order chi connectivity index (χ1) is 10.1. The third kappa shape index (κ3) is 2.48. The lowest BCUT2D eigenvalue weighted by Crippen LogP contribution is -2.09. The third-order valence-corrected chi connectivity index (χ3v) is 4.26. The molecule has 6 nitrogen and oxygen atoms in total. The normalized spacial score (nSPS) is 10.7. The zero-order chi connectivity index (χ0) is 15.0. The van der Waals surface area contributed by atoms with Gasteiger partial charge in [-0.3, -0.25) is 14.9 Å². The van der Waals surface area contributed by atoms with Crippen LogP contribution in [0.15, 0.2) is 36.5 Å². The van der Waals surface area contributed by atoms with Crippen LogP contribution in [-0.4, -0.2) is 15.8 Å². The number of aromatic amines is 1. The molecule has 0 aliphatic heterocycles. The van der Waals surface area contributed by atoms with Crippen LogP contribution in [0.4, 0.5) is 11.4 Å². The zero-order valence-corrected chi connectivity index (χ0v) is 12.0. The number of hydrogen-bond donors (Lipinski definition) is 2. The summed E-state index contributed by atoms with van der Waals surface area (Å²) in [5, 5.41) is 14.3. The number of rotatable bonds is 3. The lowest BCUT2D eigenvalue weighted by molar-refractivity contribution is -0.384. The van der Waals surface area contributed by atoms with Crippen molar-refractivity contribution in [2.75, 3.05) is 5.32 Å². The molecule has 8 heteroatoms. The van der Waals surface area contributed by atoms with Crippen LogP contribution < -0.4 is 5.32 Å². The lowest BCUT2D eigenvalue weighted by atomic mass is 10.2. The van der Waals surface area contributed by atoms with Crippen LogP contribution in [-0.2, 0) is 0 Å². The number of benzene rings is 1. The van der Waals surface area contributed by atoms with Crippen molar-refractivity contribution in [3.05, 3.63) is 55.9 Å². The van der Waals surface area contributed by atoms with E-state index in [0.717, 1.165) is 22.2 Å². The minimum Gasteiger partial charge on any atom is -0.359 e. The Morgan fingerprint density at radius 2 is 2.14 bits per heavy atom. The maximum Gasteiger partial charge on any atom is 0.299 e. The molecule has 106 valence electrons. The van der Waals surface area contributed by atoms with Crippen LogP contribution in [0.1, 0.15) is 9.67 Å². The first-order valence-electron chi connectivity index (χ1n) is 5.87. The molecule has 21 heavy (non-hydrogen) atoms. The first-order valence-corrected chi connectivity index (χ1v) is 7.07. The Morgan fingerprint density at radius 3 is 2.86 bits per heavy atom. The number of thiophene rings is 1. The number of carbonyl (C=O) groups excluding carboxylic acids is 1. The number of H-pyrrole nitrogens is 1. The van der Waals surface area contributed by atoms with E-state index in [9.17, 15) is 14.9 Å². The van der Waals surface area contributed by atoms with Gasteiger partial charge in [-0.15, -0.1) is 11.3 Å². The predicted molar refractivity (Wildman–Crippen MR) is 82.2 cm³/mol. The summed E-state index contributed by atoms with van der Waals surface area (Å²) >= 11 is 6.63. The summed E-state index contributed by atoms with van der Waals surface area (Å²) < 4.78 is -0.0101. The smallest absolute Gasteiger partial charge is 0.299 e. The van der Waals surface area contributed by atoms with Crippen molar-refractivity contribution < 1.29 is 9.72 Å². The second kappa shape index (κ2) is 5.19. The molecule has 0 aliphatic rings. The second-order valence-electron chi connectivity index (χ2n) is 4.23. The number of carbonyl (C=O) groups is 1. The minimum atomic E-state index is -0.610. The average molecular weight is 322 g/mol. The summed E-state index contributed by atoms with van der Waals surface area (Å²) in [5.41, 5.74) is 1.25. The number of amides is 1. The SMILES string of the molecule is O=C(Nc1c[nH]c2ccccc12)c1cc([N+](=O)[O-])c(Cl)s1. The highest BCUT2D eigenvalue weighted by Crippen LogP contribution is 2.34. The Morgan fingerprint density at radius 1 is 1.38 bits per heavy atom. The molecular formula is C13H8ClN3O3S. The Balaban J connectivity index is 1.90. The van der Waals surface area contributed by atoms with Crippen molar-refractivity contribution in [1.82, 2.24) is 4.98 Å². The molecule has 0 atom stereocenters. The number of para-hydroxylation sites is 1. The zero-order valence-electron chi connectivity index (χ0n) is 10.4. The fourth-order valence-corrected chi connectivity index (χ4v) is 3.07. The summed E-state index contributed by atoms with van der Waals surface area (Å²) in [6, 6.07) is 8.67. The Labute approximate surface area is 127 Å². The molecule has 3 rings (SSSR count). The standard InChI is InChI=1S/C13H8ClN3O3S/c14-12-10(17(19)20)5-11(21-12)13(18)16-9-6-15-8-4-2-1-3-7(8)9/h1-6,15H,(H,16,18). The molecule has 0 aliphatic carbocycles. The van der Waals surface area contributed by atoms with Gasteiger partial charge in [-0.25, -0.2) is 0 Å². The van der Waals surface area contributed by atoms with E-state index in [1.807, 2.05) is 24.3 Å². The number of nitro groups is 1. The highest BCUT2D eigenvalue weighted by Gasteiger charge is 2.21. The summed E-state index contributed by atoms with van der Waals surface area (Å²) in [5.74, 6) is -0.431. The lowest BCUT2D eigenvalue weighted by Gasteiger charge is -2.00. The van der Waals surface area contributed by atoms with Gasteiger partial charge in [-0.05, 0) is 6.07 Å². The molecular weight excluding hydrogens is 314 g/mol. The van der Waals surface area contributed by atoms with Gasteiger partial charge >= 0.3 is 0 Å². The Kier molecular flexibility index (Phi) is 3.36. The van der Waals surface area contributed by atoms with Crippen LogP contribution >= 0.6 is 22.9 Å². The molecule has 1 amide bonds. The fraction of sp³-hybridized carbons (Fsp3) is 0. The van der Waals surface area contributed by atoms with Crippen molar-refractivity contribution in [3.8, 4) is 0 Å². The Hall–Kier alpha value is -2.38. The molecule has 2 heterocycles. The quantitative estimate of drug-likeness (QED) is 0.563. The molecule has 1 aromatic carbocycles. The number of fused-ring (bicyclic) bond motifs is 1. The van der Waals surface area contributed by atoms with Crippen molar-refractivity contribution >= 4 is 51.1 Å². The van der Waals surface area contributed by atoms with Gasteiger partial charge in [-0.2, -0.15) is 0 Å². The summed E-state index contributed by atoms with van der Waals surface area (Å²) in [6.45, 7) is 0. The summed E-state index contributed by atoms with van der Waals surface area (Å²) in [7, 11) is 0. The van der Waals surface area contributed by atoms with Gasteiger partial charge in [0.2, 0.25) is 0 Å². The third-order valence-electron chi connectivity index (χ3n) is 2.93. The number of halogens is 1. The van der Waals surface area contributed by atoms with Crippen LogP contribution in [0, 0.1) is 10.1 Å². The Bertz CT molecular complexity index is 855. The van der Waals surface area contributed by atoms with E-state index in [1.165, 1.54) is 6.07 Å². The van der Waals surface area contributed by atoms with E-state index in [1.54, 1.807) is 6.20 Å². The molecule has 0 radical (unpaired) electrons. The monoisotopic (exact) mass is 321 g/mol. The van der Waals surface area contributed by atoms with Gasteiger partial charge in [0.25, 0.3) is 11.6 Å². The first kappa shape index (κ1) is 13.6. The van der Waals surface area contributed by atoms with E-state index in [4.69, 9.17) is 11.6 Å². The fourth-order valence-electron chi connectivity index (χ4n) is 1.95. The maximum absolute atomic E-state index is 12.1. The second-order valence-corrected chi connectivity index (χ2v) is 5.88. The summed E-state index contributed by atoms with van der Waals surface area (Å²) in [4.78, 5) is 25.5.